The first-order valence-corrected chi connectivity index (χ1v) is 12.2. The highest BCUT2D eigenvalue weighted by Crippen LogP contribution is 2.35. The molecule has 168 valence electrons. The summed E-state index contributed by atoms with van der Waals surface area (Å²) in [6, 6.07) is 15.8. The molecule has 10 nitrogen and oxygen atoms in total. The first-order chi connectivity index (χ1) is 16.7. The van der Waals surface area contributed by atoms with Gasteiger partial charge in [-0.3, -0.25) is 4.98 Å². The lowest BCUT2D eigenvalue weighted by atomic mass is 10.2. The van der Waals surface area contributed by atoms with Gasteiger partial charge in [-0.05, 0) is 78.5 Å². The molecular formula is C22H18N10S2. The number of nitrogens with one attached hydrogen (secondary N) is 1. The number of nitrogens with zero attached hydrogens (tertiary/aromatic N) is 9. The van der Waals surface area contributed by atoms with Crippen LogP contribution in [-0.4, -0.2) is 51.7 Å². The normalized spacial score (nSPS) is 11.6. The molecule has 34 heavy (non-hydrogen) atoms. The summed E-state index contributed by atoms with van der Waals surface area (Å²) in [6.45, 7) is 2.08. The van der Waals surface area contributed by atoms with Crippen LogP contribution in [-0.2, 0) is 6.42 Å². The summed E-state index contributed by atoms with van der Waals surface area (Å²) in [5.74, 6) is 0.743. The monoisotopic (exact) mass is 486 g/mol. The summed E-state index contributed by atoms with van der Waals surface area (Å²) in [5, 5.41) is 31.8. The fourth-order valence-electron chi connectivity index (χ4n) is 3.48. The van der Waals surface area contributed by atoms with Gasteiger partial charge in [0.05, 0.1) is 11.2 Å². The zero-order valence-electron chi connectivity index (χ0n) is 18.2. The average molecular weight is 487 g/mol. The van der Waals surface area contributed by atoms with Crippen molar-refractivity contribution in [2.75, 3.05) is 12.4 Å². The molecule has 0 fully saturated rings. The SMILES string of the molecule is CCc1ccc2nnc(Sc3ccc4nccc(Sc5nnc6ccc(NC)nn56)c4c3)n2n1. The molecule has 0 aliphatic heterocycles. The van der Waals surface area contributed by atoms with Crippen LogP contribution in [0.3, 0.4) is 0 Å². The third-order valence-electron chi connectivity index (χ3n) is 5.23. The van der Waals surface area contributed by atoms with Crippen molar-refractivity contribution in [1.82, 2.24) is 44.6 Å². The lowest BCUT2D eigenvalue weighted by Crippen LogP contribution is -1.99. The molecule has 0 aliphatic rings. The molecule has 0 saturated heterocycles. The Morgan fingerprint density at radius 3 is 2.38 bits per heavy atom. The van der Waals surface area contributed by atoms with E-state index in [-0.39, 0.29) is 0 Å². The molecule has 0 amide bonds. The third kappa shape index (κ3) is 3.70. The first-order valence-electron chi connectivity index (χ1n) is 10.6. The van der Waals surface area contributed by atoms with Crippen molar-refractivity contribution < 1.29 is 0 Å². The van der Waals surface area contributed by atoms with Crippen LogP contribution < -0.4 is 5.32 Å². The van der Waals surface area contributed by atoms with Crippen LogP contribution in [0, 0.1) is 0 Å². The Morgan fingerprint density at radius 1 is 0.824 bits per heavy atom. The van der Waals surface area contributed by atoms with E-state index in [2.05, 4.69) is 53.9 Å². The number of hydrogen-bond acceptors (Lipinski definition) is 10. The molecule has 0 radical (unpaired) electrons. The maximum Gasteiger partial charge on any atom is 0.217 e. The largest absolute Gasteiger partial charge is 0.372 e. The predicted molar refractivity (Wildman–Crippen MR) is 130 cm³/mol. The van der Waals surface area contributed by atoms with E-state index in [1.54, 1.807) is 15.2 Å². The number of aromatic nitrogens is 9. The Kier molecular flexibility index (Phi) is 5.23. The molecule has 1 N–H and O–H groups in total. The Bertz CT molecular complexity index is 1660. The molecule has 0 aliphatic carbocycles. The van der Waals surface area contributed by atoms with E-state index in [4.69, 9.17) is 0 Å². The van der Waals surface area contributed by atoms with Crippen molar-refractivity contribution in [2.45, 2.75) is 33.4 Å². The minimum absolute atomic E-state index is 0.678. The molecule has 0 saturated carbocycles. The smallest absolute Gasteiger partial charge is 0.217 e. The van der Waals surface area contributed by atoms with E-state index < -0.39 is 0 Å². The lowest BCUT2D eigenvalue weighted by Gasteiger charge is -2.07. The summed E-state index contributed by atoms with van der Waals surface area (Å²) in [4.78, 5) is 6.56. The zero-order valence-corrected chi connectivity index (χ0v) is 19.9. The van der Waals surface area contributed by atoms with Crippen molar-refractivity contribution in [3.63, 3.8) is 0 Å². The number of benzene rings is 1. The van der Waals surface area contributed by atoms with E-state index in [0.717, 1.165) is 49.4 Å². The number of fused-ring (bicyclic) bond motifs is 3. The van der Waals surface area contributed by atoms with Crippen LogP contribution in [0.25, 0.3) is 22.2 Å². The van der Waals surface area contributed by atoms with Gasteiger partial charge in [-0.25, -0.2) is 0 Å². The van der Waals surface area contributed by atoms with Gasteiger partial charge in [0.25, 0.3) is 0 Å². The van der Waals surface area contributed by atoms with Crippen molar-refractivity contribution >= 4 is 51.5 Å². The topological polar surface area (TPSA) is 111 Å². The van der Waals surface area contributed by atoms with E-state index in [0.29, 0.717) is 10.8 Å². The Labute approximate surface area is 202 Å². The summed E-state index contributed by atoms with van der Waals surface area (Å²) in [7, 11) is 1.83. The number of aryl methyl sites for hydroxylation is 1. The van der Waals surface area contributed by atoms with Crippen LogP contribution in [0.2, 0.25) is 0 Å². The van der Waals surface area contributed by atoms with E-state index in [1.807, 2.05) is 49.5 Å². The molecule has 0 spiro atoms. The quantitative estimate of drug-likeness (QED) is 0.370. The molecule has 0 unspecified atom stereocenters. The van der Waals surface area contributed by atoms with E-state index in [1.165, 1.54) is 23.5 Å². The van der Waals surface area contributed by atoms with Crippen molar-refractivity contribution in [3.8, 4) is 0 Å². The second-order valence-electron chi connectivity index (χ2n) is 7.34. The molecule has 0 atom stereocenters. The molecule has 6 rings (SSSR count). The second-order valence-corrected chi connectivity index (χ2v) is 9.39. The Balaban J connectivity index is 1.38. The summed E-state index contributed by atoms with van der Waals surface area (Å²) in [6.07, 6.45) is 2.65. The van der Waals surface area contributed by atoms with Gasteiger partial charge in [0.2, 0.25) is 10.3 Å². The number of rotatable bonds is 6. The summed E-state index contributed by atoms with van der Waals surface area (Å²) < 4.78 is 3.53. The fraction of sp³-hybridized carbons (Fsp3) is 0.136. The summed E-state index contributed by atoms with van der Waals surface area (Å²) >= 11 is 3.02. The highest BCUT2D eigenvalue weighted by Gasteiger charge is 2.14. The van der Waals surface area contributed by atoms with Crippen molar-refractivity contribution in [2.24, 2.45) is 0 Å². The van der Waals surface area contributed by atoms with Gasteiger partial charge in [-0.2, -0.15) is 14.1 Å². The van der Waals surface area contributed by atoms with Gasteiger partial charge in [0.1, 0.15) is 5.82 Å². The van der Waals surface area contributed by atoms with Crippen LogP contribution >= 0.6 is 23.5 Å². The van der Waals surface area contributed by atoms with Gasteiger partial charge < -0.3 is 5.32 Å². The maximum absolute atomic E-state index is 4.65. The van der Waals surface area contributed by atoms with Crippen LogP contribution in [0.1, 0.15) is 12.6 Å². The number of hydrogen-bond donors (Lipinski definition) is 1. The molecule has 12 heteroatoms. The maximum atomic E-state index is 4.65. The van der Waals surface area contributed by atoms with Crippen LogP contribution in [0.15, 0.2) is 74.8 Å². The van der Waals surface area contributed by atoms with Gasteiger partial charge in [0, 0.05) is 28.4 Å². The highest BCUT2D eigenvalue weighted by atomic mass is 32.2. The van der Waals surface area contributed by atoms with E-state index >= 15 is 0 Å². The fourth-order valence-corrected chi connectivity index (χ4v) is 5.21. The molecule has 5 aromatic heterocycles. The lowest BCUT2D eigenvalue weighted by molar-refractivity contribution is 0.775. The van der Waals surface area contributed by atoms with Gasteiger partial charge in [-0.15, -0.1) is 25.5 Å². The molecule has 0 bridgehead atoms. The van der Waals surface area contributed by atoms with Crippen LogP contribution in [0.4, 0.5) is 5.82 Å². The van der Waals surface area contributed by atoms with Crippen LogP contribution in [0.5, 0.6) is 0 Å². The van der Waals surface area contributed by atoms with E-state index in [9.17, 15) is 0 Å². The standard InChI is InChI=1S/C22H18N10S2/c1-3-13-4-8-19-25-27-21(31(19)29-13)33-14-5-6-16-15(12-14)17(10-11-24-16)34-22-28-26-20-9-7-18(23-2)30-32(20)22/h4-12H,3H2,1-2H3,(H,23,30). The number of anilines is 1. The van der Waals surface area contributed by atoms with Crippen molar-refractivity contribution in [1.29, 1.82) is 0 Å². The minimum Gasteiger partial charge on any atom is -0.372 e. The molecular weight excluding hydrogens is 468 g/mol. The third-order valence-corrected chi connectivity index (χ3v) is 7.17. The first kappa shape index (κ1) is 20.8. The zero-order chi connectivity index (χ0) is 23.1. The minimum atomic E-state index is 0.678. The highest BCUT2D eigenvalue weighted by molar-refractivity contribution is 7.99. The summed E-state index contributed by atoms with van der Waals surface area (Å²) in [5.41, 5.74) is 3.30. The van der Waals surface area contributed by atoms with Gasteiger partial charge in [-0.1, -0.05) is 6.92 Å². The Hall–Kier alpha value is -3.77. The average Bonchev–Trinajstić information content (AvgIpc) is 3.47. The Morgan fingerprint density at radius 2 is 1.59 bits per heavy atom. The van der Waals surface area contributed by atoms with Gasteiger partial charge in [0.15, 0.2) is 11.3 Å². The number of pyridine rings is 1. The van der Waals surface area contributed by atoms with Gasteiger partial charge >= 0.3 is 0 Å². The van der Waals surface area contributed by atoms with Crippen molar-refractivity contribution in [3.05, 3.63) is 60.4 Å². The molecule has 1 aromatic carbocycles. The molecule has 6 aromatic rings. The second kappa shape index (κ2) is 8.54. The predicted octanol–water partition coefficient (Wildman–Crippen LogP) is 4.02. The molecule has 5 heterocycles.